The molecule has 2 rings (SSSR count). The van der Waals surface area contributed by atoms with Crippen LogP contribution in [0.25, 0.3) is 0 Å². The van der Waals surface area contributed by atoms with Crippen molar-refractivity contribution in [3.8, 4) is 0 Å². The van der Waals surface area contributed by atoms with Crippen LogP contribution in [0.4, 0.5) is 0 Å². The summed E-state index contributed by atoms with van der Waals surface area (Å²) in [5, 5.41) is 0. The number of ether oxygens (including phenoxy) is 2. The second kappa shape index (κ2) is 31.1. The highest BCUT2D eigenvalue weighted by atomic mass is 16.5. The standard InChI is InChI=1S/C60H92O4/c1-13-15-17-19-21-23-25-37-57(61)63-53-43-51(7)55(59(9,10)45-53)41-39-49(5)35-29-33-47(3)31-27-28-32-48(4)34-30-36-50(6)40-42-56-52(8)44-54(46-60(56,11)12)64-58(62)38-26-24-22-20-18-16-14-2/h27-36,39-42,53-54H,13-26,37-38,43-46H2,1-12H3/b28-27+,33-29+,34-30+,41-39+,42-40+,47-31+,48-32+,49-35+,50-36+/t53-,54-/m1/s1. The minimum atomic E-state index is -0.0526. The van der Waals surface area contributed by atoms with Crippen molar-refractivity contribution in [2.75, 3.05) is 0 Å². The zero-order valence-electron chi connectivity index (χ0n) is 43.0. The largest absolute Gasteiger partial charge is 0.462 e. The molecule has 2 atom stereocenters. The van der Waals surface area contributed by atoms with E-state index in [0.717, 1.165) is 51.4 Å². The van der Waals surface area contributed by atoms with Gasteiger partial charge >= 0.3 is 11.9 Å². The lowest BCUT2D eigenvalue weighted by Gasteiger charge is -2.37. The summed E-state index contributed by atoms with van der Waals surface area (Å²) >= 11 is 0. The minimum absolute atomic E-state index is 0.0347. The zero-order chi connectivity index (χ0) is 47.4. The molecule has 0 fully saturated rings. The van der Waals surface area contributed by atoms with E-state index in [4.69, 9.17) is 9.47 Å². The van der Waals surface area contributed by atoms with Gasteiger partial charge in [0.1, 0.15) is 12.2 Å². The SMILES string of the molecule is CCCCCCCCCC(=O)O[C@@H]1CC(C)=C(/C=C/C(C)=C/C=C/C(C)=C/C=C/C=C(C)/C=C/C=C(C)/C=C/C2=C(C)C[C@@H](OC(=O)CCCCCCCCC)CC2(C)C)C(C)(C)C1. The van der Waals surface area contributed by atoms with Gasteiger partial charge in [0.15, 0.2) is 0 Å². The lowest BCUT2D eigenvalue weighted by atomic mass is 9.71. The monoisotopic (exact) mass is 877 g/mol. The van der Waals surface area contributed by atoms with Crippen LogP contribution in [0.5, 0.6) is 0 Å². The van der Waals surface area contributed by atoms with E-state index in [1.807, 2.05) is 0 Å². The predicted molar refractivity (Wildman–Crippen MR) is 277 cm³/mol. The first-order chi connectivity index (χ1) is 30.5. The maximum atomic E-state index is 12.6. The normalized spacial score (nSPS) is 20.3. The molecular weight excluding hydrogens is 785 g/mol. The van der Waals surface area contributed by atoms with Crippen LogP contribution in [0.15, 0.2) is 130 Å². The molecule has 4 heteroatoms. The van der Waals surface area contributed by atoms with E-state index >= 15 is 0 Å². The van der Waals surface area contributed by atoms with Crippen LogP contribution < -0.4 is 0 Å². The second-order valence-electron chi connectivity index (χ2n) is 20.4. The van der Waals surface area contributed by atoms with Crippen LogP contribution >= 0.6 is 0 Å². The van der Waals surface area contributed by atoms with Gasteiger partial charge in [0.05, 0.1) is 0 Å². The molecule has 0 spiro atoms. The molecule has 0 unspecified atom stereocenters. The Morgan fingerprint density at radius 1 is 0.484 bits per heavy atom. The summed E-state index contributed by atoms with van der Waals surface area (Å²) in [4.78, 5) is 25.2. The number of hydrogen-bond donors (Lipinski definition) is 0. The molecule has 2 aliphatic carbocycles. The molecular formula is C60H92O4. The Morgan fingerprint density at radius 3 is 1.14 bits per heavy atom. The average Bonchev–Trinajstić information content (AvgIpc) is 3.20. The molecule has 0 amide bonds. The lowest BCUT2D eigenvalue weighted by molar-refractivity contribution is -0.151. The molecule has 4 nitrogen and oxygen atoms in total. The van der Waals surface area contributed by atoms with Crippen molar-refractivity contribution in [1.82, 2.24) is 0 Å². The zero-order valence-corrected chi connectivity index (χ0v) is 43.0. The number of rotatable bonds is 28. The number of esters is 2. The molecule has 0 radical (unpaired) electrons. The van der Waals surface area contributed by atoms with Crippen molar-refractivity contribution < 1.29 is 19.1 Å². The van der Waals surface area contributed by atoms with Gasteiger partial charge < -0.3 is 9.47 Å². The number of allylic oxidation sites excluding steroid dienone is 20. The summed E-state index contributed by atoms with van der Waals surface area (Å²) < 4.78 is 11.9. The highest BCUT2D eigenvalue weighted by Crippen LogP contribution is 2.43. The number of carbonyl (C=O) groups excluding carboxylic acids is 2. The maximum absolute atomic E-state index is 12.6. The van der Waals surface area contributed by atoms with Crippen molar-refractivity contribution in [3.05, 3.63) is 130 Å². The smallest absolute Gasteiger partial charge is 0.306 e. The molecule has 0 aromatic rings. The van der Waals surface area contributed by atoms with E-state index in [1.54, 1.807) is 0 Å². The fourth-order valence-corrected chi connectivity index (χ4v) is 9.18. The number of carbonyl (C=O) groups is 2. The van der Waals surface area contributed by atoms with Crippen molar-refractivity contribution in [3.63, 3.8) is 0 Å². The molecule has 0 bridgehead atoms. The van der Waals surface area contributed by atoms with Gasteiger partial charge in [-0.2, -0.15) is 0 Å². The molecule has 0 aromatic heterocycles. The van der Waals surface area contributed by atoms with Gasteiger partial charge in [0.25, 0.3) is 0 Å². The van der Waals surface area contributed by atoms with Crippen molar-refractivity contribution >= 4 is 11.9 Å². The Hall–Kier alpha value is -3.92. The summed E-state index contributed by atoms with van der Waals surface area (Å²) in [6.07, 6.45) is 51.4. The fraction of sp³-hybridized carbons (Fsp3) is 0.600. The lowest BCUT2D eigenvalue weighted by Crippen LogP contribution is -2.31. The van der Waals surface area contributed by atoms with Gasteiger partial charge in [-0.3, -0.25) is 9.59 Å². The summed E-state index contributed by atoms with van der Waals surface area (Å²) in [6.45, 7) is 26.4. The molecule has 0 saturated heterocycles. The van der Waals surface area contributed by atoms with Gasteiger partial charge in [-0.1, -0.05) is 237 Å². The van der Waals surface area contributed by atoms with Crippen LogP contribution in [0.2, 0.25) is 0 Å². The summed E-state index contributed by atoms with van der Waals surface area (Å²) in [7, 11) is 0. The van der Waals surface area contributed by atoms with E-state index in [0.29, 0.717) is 12.8 Å². The average molecular weight is 877 g/mol. The Kier molecular flexibility index (Phi) is 27.3. The van der Waals surface area contributed by atoms with Gasteiger partial charge in [-0.05, 0) is 89.2 Å². The quantitative estimate of drug-likeness (QED) is 0.0446. The Labute approximate surface area is 393 Å². The first-order valence-electron chi connectivity index (χ1n) is 25.3. The van der Waals surface area contributed by atoms with Crippen LogP contribution in [0, 0.1) is 10.8 Å². The third-order valence-corrected chi connectivity index (χ3v) is 12.8. The van der Waals surface area contributed by atoms with E-state index in [1.165, 1.54) is 109 Å². The molecule has 0 aliphatic heterocycles. The predicted octanol–water partition coefficient (Wildman–Crippen LogP) is 17.9. The molecule has 356 valence electrons. The third kappa shape index (κ3) is 23.8. The second-order valence-corrected chi connectivity index (χ2v) is 20.4. The van der Waals surface area contributed by atoms with Gasteiger partial charge in [0.2, 0.25) is 0 Å². The van der Waals surface area contributed by atoms with Gasteiger partial charge in [-0.25, -0.2) is 0 Å². The van der Waals surface area contributed by atoms with Crippen molar-refractivity contribution in [1.29, 1.82) is 0 Å². The molecule has 0 aromatic carbocycles. The van der Waals surface area contributed by atoms with Crippen molar-refractivity contribution in [2.45, 2.75) is 224 Å². The Bertz CT molecular complexity index is 1660. The third-order valence-electron chi connectivity index (χ3n) is 12.8. The van der Waals surface area contributed by atoms with Gasteiger partial charge in [0, 0.05) is 25.7 Å². The van der Waals surface area contributed by atoms with Crippen molar-refractivity contribution in [2.24, 2.45) is 10.8 Å². The van der Waals surface area contributed by atoms with Crippen LogP contribution in [-0.2, 0) is 19.1 Å². The topological polar surface area (TPSA) is 52.6 Å². The summed E-state index contributed by atoms with van der Waals surface area (Å²) in [5.74, 6) is -0.0693. The number of unbranched alkanes of at least 4 members (excludes halogenated alkanes) is 12. The van der Waals surface area contributed by atoms with E-state index in [9.17, 15) is 9.59 Å². The Balaban J connectivity index is 1.83. The van der Waals surface area contributed by atoms with Crippen LogP contribution in [-0.4, -0.2) is 24.1 Å². The molecule has 0 heterocycles. The molecule has 0 N–H and O–H groups in total. The van der Waals surface area contributed by atoms with Gasteiger partial charge in [-0.15, -0.1) is 0 Å². The van der Waals surface area contributed by atoms with Crippen LogP contribution in [0.1, 0.15) is 212 Å². The molecule has 2 aliphatic rings. The highest BCUT2D eigenvalue weighted by molar-refractivity contribution is 5.70. The highest BCUT2D eigenvalue weighted by Gasteiger charge is 2.35. The first kappa shape index (κ1) is 56.2. The summed E-state index contributed by atoms with van der Waals surface area (Å²) in [6, 6.07) is 0. The minimum Gasteiger partial charge on any atom is -0.462 e. The summed E-state index contributed by atoms with van der Waals surface area (Å²) in [5.41, 5.74) is 9.95. The maximum Gasteiger partial charge on any atom is 0.306 e. The Morgan fingerprint density at radius 2 is 0.797 bits per heavy atom. The van der Waals surface area contributed by atoms with E-state index < -0.39 is 0 Å². The molecule has 0 saturated carbocycles. The van der Waals surface area contributed by atoms with Crippen LogP contribution in [0.3, 0.4) is 0 Å². The van der Waals surface area contributed by atoms with E-state index in [2.05, 4.69) is 168 Å². The van der Waals surface area contributed by atoms with E-state index in [-0.39, 0.29) is 35.0 Å². The fourth-order valence-electron chi connectivity index (χ4n) is 9.18. The molecule has 64 heavy (non-hydrogen) atoms. The first-order valence-corrected chi connectivity index (χ1v) is 25.3. The number of hydrogen-bond acceptors (Lipinski definition) is 4.